The van der Waals surface area contributed by atoms with Gasteiger partial charge in [-0.25, -0.2) is 0 Å². The van der Waals surface area contributed by atoms with Crippen LogP contribution in [0.15, 0.2) is 42.5 Å². The van der Waals surface area contributed by atoms with Crippen molar-refractivity contribution in [2.75, 3.05) is 6.54 Å². The maximum absolute atomic E-state index is 2.69. The third-order valence-electron chi connectivity index (χ3n) is 4.31. The van der Waals surface area contributed by atoms with Crippen LogP contribution in [0.4, 0.5) is 0 Å². The van der Waals surface area contributed by atoms with Gasteiger partial charge in [-0.3, -0.25) is 4.90 Å². The topological polar surface area (TPSA) is 3.24 Å². The molecule has 1 saturated heterocycles. The van der Waals surface area contributed by atoms with Crippen LogP contribution in [0.1, 0.15) is 25.3 Å². The molecule has 1 aliphatic heterocycles. The molecule has 17 heavy (non-hydrogen) atoms. The normalized spacial score (nSPS) is 32.6. The Hall–Kier alpha value is -1.08. The van der Waals surface area contributed by atoms with Gasteiger partial charge in [0.2, 0.25) is 0 Å². The van der Waals surface area contributed by atoms with E-state index in [1.54, 1.807) is 0 Å². The molecule has 1 aromatic carbocycles. The molecule has 1 nitrogen and oxygen atoms in total. The van der Waals surface area contributed by atoms with E-state index in [-0.39, 0.29) is 0 Å². The van der Waals surface area contributed by atoms with Gasteiger partial charge < -0.3 is 0 Å². The fourth-order valence-electron chi connectivity index (χ4n) is 3.46. The summed E-state index contributed by atoms with van der Waals surface area (Å²) in [5, 5.41) is 0. The molecular weight excluding hydrogens is 206 g/mol. The van der Waals surface area contributed by atoms with E-state index < -0.39 is 0 Å². The van der Waals surface area contributed by atoms with E-state index in [4.69, 9.17) is 0 Å². The molecule has 0 unspecified atom stereocenters. The monoisotopic (exact) mass is 227 g/mol. The first-order chi connectivity index (χ1) is 8.34. The molecule has 0 bridgehead atoms. The standard InChI is InChI=1S/C16H21N/c1-13-11-17(12-14-7-3-2-4-8-14)16-10-6-5-9-15(13)16/h2-5,7-9,13,15-16H,6,10-12H2,1H3/t13-,15-,16-/m0/s1. The minimum absolute atomic E-state index is 0.787. The molecule has 1 aliphatic carbocycles. The van der Waals surface area contributed by atoms with Crippen molar-refractivity contribution < 1.29 is 0 Å². The Kier molecular flexibility index (Phi) is 3.02. The molecule has 1 aromatic rings. The van der Waals surface area contributed by atoms with Crippen molar-refractivity contribution in [2.24, 2.45) is 11.8 Å². The van der Waals surface area contributed by atoms with Crippen molar-refractivity contribution in [2.45, 2.75) is 32.4 Å². The Labute approximate surface area is 104 Å². The van der Waals surface area contributed by atoms with Crippen molar-refractivity contribution in [3.63, 3.8) is 0 Å². The molecule has 0 saturated carbocycles. The molecule has 0 spiro atoms. The summed E-state index contributed by atoms with van der Waals surface area (Å²) >= 11 is 0. The number of allylic oxidation sites excluding steroid dienone is 1. The lowest BCUT2D eigenvalue weighted by molar-refractivity contribution is 0.215. The van der Waals surface area contributed by atoms with E-state index in [9.17, 15) is 0 Å². The van der Waals surface area contributed by atoms with E-state index in [1.807, 2.05) is 0 Å². The summed E-state index contributed by atoms with van der Waals surface area (Å²) in [4.78, 5) is 2.69. The van der Waals surface area contributed by atoms with E-state index in [2.05, 4.69) is 54.3 Å². The lowest BCUT2D eigenvalue weighted by atomic mass is 9.85. The maximum atomic E-state index is 2.69. The molecule has 2 aliphatic rings. The van der Waals surface area contributed by atoms with E-state index in [0.29, 0.717) is 0 Å². The smallest absolute Gasteiger partial charge is 0.0237 e. The summed E-state index contributed by atoms with van der Waals surface area (Å²) in [6, 6.07) is 11.7. The summed E-state index contributed by atoms with van der Waals surface area (Å²) in [6.45, 7) is 4.78. The van der Waals surface area contributed by atoms with Crippen LogP contribution in [0, 0.1) is 11.8 Å². The van der Waals surface area contributed by atoms with Crippen LogP contribution in [0.25, 0.3) is 0 Å². The van der Waals surface area contributed by atoms with Gasteiger partial charge >= 0.3 is 0 Å². The van der Waals surface area contributed by atoms with Gasteiger partial charge in [-0.1, -0.05) is 49.4 Å². The Morgan fingerprint density at radius 3 is 2.88 bits per heavy atom. The molecule has 0 aromatic heterocycles. The highest BCUT2D eigenvalue weighted by atomic mass is 15.2. The molecule has 1 heterocycles. The summed E-state index contributed by atoms with van der Waals surface area (Å²) in [5.41, 5.74) is 1.45. The van der Waals surface area contributed by atoms with Gasteiger partial charge in [0, 0.05) is 19.1 Å². The van der Waals surface area contributed by atoms with Crippen molar-refractivity contribution >= 4 is 0 Å². The predicted octanol–water partition coefficient (Wildman–Crippen LogP) is 3.47. The Bertz CT molecular complexity index is 395. The van der Waals surface area contributed by atoms with Gasteiger partial charge in [-0.2, -0.15) is 0 Å². The average Bonchev–Trinajstić information content (AvgIpc) is 2.69. The van der Waals surface area contributed by atoms with Crippen LogP contribution < -0.4 is 0 Å². The molecule has 0 radical (unpaired) electrons. The summed E-state index contributed by atoms with van der Waals surface area (Å²) in [6.07, 6.45) is 7.45. The number of rotatable bonds is 2. The zero-order valence-corrected chi connectivity index (χ0v) is 10.5. The fraction of sp³-hybridized carbons (Fsp3) is 0.500. The predicted molar refractivity (Wildman–Crippen MR) is 71.7 cm³/mol. The minimum atomic E-state index is 0.787. The van der Waals surface area contributed by atoms with Crippen molar-refractivity contribution in [1.82, 2.24) is 4.90 Å². The van der Waals surface area contributed by atoms with Gasteiger partial charge in [-0.15, -0.1) is 0 Å². The van der Waals surface area contributed by atoms with E-state index in [0.717, 1.165) is 24.4 Å². The SMILES string of the molecule is C[C@H]1CN(Cc2ccccc2)[C@H]2CCC=C[C@@H]12. The largest absolute Gasteiger partial charge is 0.295 e. The first-order valence-corrected chi connectivity index (χ1v) is 6.79. The first kappa shape index (κ1) is 11.0. The van der Waals surface area contributed by atoms with Gasteiger partial charge in [0.25, 0.3) is 0 Å². The zero-order valence-electron chi connectivity index (χ0n) is 10.5. The molecule has 0 N–H and O–H groups in total. The Balaban J connectivity index is 1.74. The van der Waals surface area contributed by atoms with Crippen LogP contribution in [0.5, 0.6) is 0 Å². The molecule has 1 heteroatoms. The van der Waals surface area contributed by atoms with E-state index in [1.165, 1.54) is 24.9 Å². The molecule has 3 atom stereocenters. The van der Waals surface area contributed by atoms with Gasteiger partial charge in [-0.05, 0) is 30.2 Å². The highest BCUT2D eigenvalue weighted by Gasteiger charge is 2.38. The van der Waals surface area contributed by atoms with Crippen molar-refractivity contribution in [1.29, 1.82) is 0 Å². The molecule has 90 valence electrons. The number of likely N-dealkylation sites (tertiary alicyclic amines) is 1. The van der Waals surface area contributed by atoms with Gasteiger partial charge in [0.1, 0.15) is 0 Å². The second-order valence-electron chi connectivity index (χ2n) is 5.54. The molecular formula is C16H21N. The lowest BCUT2D eigenvalue weighted by Crippen LogP contribution is -2.32. The Morgan fingerprint density at radius 2 is 2.06 bits per heavy atom. The van der Waals surface area contributed by atoms with Crippen LogP contribution >= 0.6 is 0 Å². The number of nitrogens with zero attached hydrogens (tertiary/aromatic N) is 1. The van der Waals surface area contributed by atoms with Crippen LogP contribution in [-0.4, -0.2) is 17.5 Å². The molecule has 0 amide bonds. The Morgan fingerprint density at radius 1 is 1.24 bits per heavy atom. The molecule has 1 fully saturated rings. The fourth-order valence-corrected chi connectivity index (χ4v) is 3.46. The first-order valence-electron chi connectivity index (χ1n) is 6.79. The number of fused-ring (bicyclic) bond motifs is 1. The zero-order chi connectivity index (χ0) is 11.7. The minimum Gasteiger partial charge on any atom is -0.295 e. The highest BCUT2D eigenvalue weighted by molar-refractivity contribution is 5.16. The number of hydrogen-bond donors (Lipinski definition) is 0. The van der Waals surface area contributed by atoms with Crippen LogP contribution in [-0.2, 0) is 6.54 Å². The highest BCUT2D eigenvalue weighted by Crippen LogP contribution is 2.36. The summed E-state index contributed by atoms with van der Waals surface area (Å²) in [5.74, 6) is 1.62. The van der Waals surface area contributed by atoms with Crippen LogP contribution in [0.3, 0.4) is 0 Å². The lowest BCUT2D eigenvalue weighted by Gasteiger charge is -2.29. The van der Waals surface area contributed by atoms with Gasteiger partial charge in [0.05, 0.1) is 0 Å². The molecule has 3 rings (SSSR count). The summed E-state index contributed by atoms with van der Waals surface area (Å²) < 4.78 is 0. The second-order valence-corrected chi connectivity index (χ2v) is 5.54. The van der Waals surface area contributed by atoms with Crippen molar-refractivity contribution in [3.8, 4) is 0 Å². The van der Waals surface area contributed by atoms with Crippen molar-refractivity contribution in [3.05, 3.63) is 48.0 Å². The third-order valence-corrected chi connectivity index (χ3v) is 4.31. The number of benzene rings is 1. The number of hydrogen-bond acceptors (Lipinski definition) is 1. The summed E-state index contributed by atoms with van der Waals surface area (Å²) in [7, 11) is 0. The van der Waals surface area contributed by atoms with Crippen LogP contribution in [0.2, 0.25) is 0 Å². The average molecular weight is 227 g/mol. The van der Waals surface area contributed by atoms with E-state index >= 15 is 0 Å². The quantitative estimate of drug-likeness (QED) is 0.699. The second kappa shape index (κ2) is 4.66. The third kappa shape index (κ3) is 2.16. The van der Waals surface area contributed by atoms with Gasteiger partial charge in [0.15, 0.2) is 0 Å². The maximum Gasteiger partial charge on any atom is 0.0237 e.